The molecule has 1 aliphatic heterocycles. The minimum Gasteiger partial charge on any atom is -0.368 e. The molecule has 0 bridgehead atoms. The zero-order valence-corrected chi connectivity index (χ0v) is 23.9. The maximum Gasteiger partial charge on any atom is 0.268 e. The molecular formula is C28H31ClN8OS. The van der Waals surface area contributed by atoms with Crippen molar-refractivity contribution in [3.63, 3.8) is 0 Å². The van der Waals surface area contributed by atoms with Gasteiger partial charge in [-0.05, 0) is 51.0 Å². The highest BCUT2D eigenvalue weighted by Crippen LogP contribution is 2.30. The summed E-state index contributed by atoms with van der Waals surface area (Å²) in [5, 5.41) is 8.00. The molecule has 4 heterocycles. The number of rotatable bonds is 7. The topological polar surface area (TPSA) is 91.2 Å². The van der Waals surface area contributed by atoms with Crippen LogP contribution in [-0.2, 0) is 6.54 Å². The van der Waals surface area contributed by atoms with Gasteiger partial charge in [-0.15, -0.1) is 11.3 Å². The van der Waals surface area contributed by atoms with Gasteiger partial charge in [-0.25, -0.2) is 9.97 Å². The molecule has 0 saturated carbocycles. The lowest BCUT2D eigenvalue weighted by Crippen LogP contribution is -2.43. The van der Waals surface area contributed by atoms with E-state index in [1.54, 1.807) is 33.7 Å². The van der Waals surface area contributed by atoms with E-state index in [4.69, 9.17) is 16.6 Å². The van der Waals surface area contributed by atoms with Crippen LogP contribution in [0.15, 0.2) is 40.8 Å². The van der Waals surface area contributed by atoms with Crippen molar-refractivity contribution in [3.05, 3.63) is 67.5 Å². The van der Waals surface area contributed by atoms with Crippen molar-refractivity contribution in [2.24, 2.45) is 0 Å². The molecule has 202 valence electrons. The van der Waals surface area contributed by atoms with E-state index in [2.05, 4.69) is 37.5 Å². The van der Waals surface area contributed by atoms with E-state index in [1.165, 1.54) is 0 Å². The van der Waals surface area contributed by atoms with Crippen molar-refractivity contribution in [1.29, 1.82) is 0 Å². The number of nitrogens with zero attached hydrogens (tertiary/aromatic N) is 6. The van der Waals surface area contributed by atoms with Crippen LogP contribution in [0.3, 0.4) is 0 Å². The third kappa shape index (κ3) is 6.01. The lowest BCUT2D eigenvalue weighted by molar-refractivity contribution is 0.444. The van der Waals surface area contributed by atoms with Gasteiger partial charge in [0.05, 0.1) is 34.0 Å². The Morgan fingerprint density at radius 1 is 1.18 bits per heavy atom. The molecule has 2 N–H and O–H groups in total. The first-order valence-corrected chi connectivity index (χ1v) is 14.3. The van der Waals surface area contributed by atoms with Crippen molar-refractivity contribution in [2.75, 3.05) is 49.5 Å². The lowest BCUT2D eigenvalue weighted by Gasteiger charge is -2.30. The van der Waals surface area contributed by atoms with Gasteiger partial charge in [0.1, 0.15) is 5.65 Å². The molecule has 4 aromatic rings. The Morgan fingerprint density at radius 2 is 1.97 bits per heavy atom. The van der Waals surface area contributed by atoms with Crippen LogP contribution < -0.4 is 21.1 Å². The van der Waals surface area contributed by atoms with E-state index in [9.17, 15) is 4.79 Å². The predicted octanol–water partition coefficient (Wildman–Crippen LogP) is 4.06. The number of pyridine rings is 1. The van der Waals surface area contributed by atoms with Gasteiger partial charge in [0.25, 0.3) is 5.56 Å². The van der Waals surface area contributed by atoms with E-state index in [-0.39, 0.29) is 5.56 Å². The van der Waals surface area contributed by atoms with Gasteiger partial charge in [-0.2, -0.15) is 4.98 Å². The highest BCUT2D eigenvalue weighted by Gasteiger charge is 2.16. The number of piperazine rings is 1. The molecule has 0 radical (unpaired) electrons. The highest BCUT2D eigenvalue weighted by atomic mass is 35.5. The summed E-state index contributed by atoms with van der Waals surface area (Å²) in [7, 11) is 0. The molecule has 3 aromatic heterocycles. The summed E-state index contributed by atoms with van der Waals surface area (Å²) >= 11 is 8.20. The van der Waals surface area contributed by atoms with Crippen LogP contribution in [-0.4, -0.2) is 63.7 Å². The highest BCUT2D eigenvalue weighted by molar-refractivity contribution is 7.09. The minimum atomic E-state index is -0.206. The number of halogens is 1. The zero-order valence-electron chi connectivity index (χ0n) is 22.3. The Balaban J connectivity index is 1.51. The number of thiazole rings is 1. The molecule has 0 atom stereocenters. The van der Waals surface area contributed by atoms with Crippen LogP contribution in [0.2, 0.25) is 5.02 Å². The van der Waals surface area contributed by atoms with E-state index in [0.29, 0.717) is 28.7 Å². The number of benzene rings is 1. The van der Waals surface area contributed by atoms with Crippen LogP contribution in [0.5, 0.6) is 0 Å². The summed E-state index contributed by atoms with van der Waals surface area (Å²) in [4.78, 5) is 32.7. The molecule has 5 rings (SSSR count). The Bertz CT molecular complexity index is 1590. The van der Waals surface area contributed by atoms with Crippen LogP contribution in [0, 0.1) is 18.9 Å². The minimum absolute atomic E-state index is 0.206. The molecule has 39 heavy (non-hydrogen) atoms. The van der Waals surface area contributed by atoms with Crippen LogP contribution in [0.1, 0.15) is 30.0 Å². The second kappa shape index (κ2) is 12.0. The molecule has 9 nitrogen and oxygen atoms in total. The number of nitrogens with one attached hydrogen (secondary N) is 2. The number of hydrogen-bond donors (Lipinski definition) is 2. The second-order valence-electron chi connectivity index (χ2n) is 9.21. The Labute approximate surface area is 236 Å². The Kier molecular flexibility index (Phi) is 8.31. The first-order valence-electron chi connectivity index (χ1n) is 13.0. The van der Waals surface area contributed by atoms with Gasteiger partial charge in [0.15, 0.2) is 0 Å². The quantitative estimate of drug-likeness (QED) is 0.257. The fourth-order valence-electron chi connectivity index (χ4n) is 4.48. The van der Waals surface area contributed by atoms with E-state index in [1.807, 2.05) is 43.9 Å². The molecule has 0 unspecified atom stereocenters. The molecule has 1 saturated heterocycles. The first-order chi connectivity index (χ1) is 19.0. The summed E-state index contributed by atoms with van der Waals surface area (Å²) in [5.74, 6) is 3.44. The van der Waals surface area contributed by atoms with Gasteiger partial charge in [-0.1, -0.05) is 11.6 Å². The standard InChI is InChI=1S/C28H31ClN8OS/c1-4-35(5-2)11-8-20-14-21-16-31-28(34-26(21)37(27(20)38)17-24-19(3)39-18-32-24)33-22-6-7-25(23(29)15-22)36-12-9-30-10-13-36/h6-7,14-16,18,30H,4-5,9-10,12-13,17H2,1-3H3,(H,31,33,34). The first kappa shape index (κ1) is 26.9. The second-order valence-corrected chi connectivity index (χ2v) is 10.7. The summed E-state index contributed by atoms with van der Waals surface area (Å²) in [6.07, 6.45) is 1.72. The SMILES string of the molecule is CCN(C#Cc1cc2cnc(Nc3ccc(N4CCNCC4)c(Cl)c3)nc2n(Cc2ncsc2C)c1=O)CC. The molecule has 1 aromatic carbocycles. The summed E-state index contributed by atoms with van der Waals surface area (Å²) < 4.78 is 1.64. The number of anilines is 3. The maximum absolute atomic E-state index is 13.6. The van der Waals surface area contributed by atoms with Crippen LogP contribution in [0.25, 0.3) is 11.0 Å². The molecule has 1 fully saturated rings. The zero-order chi connectivity index (χ0) is 27.4. The van der Waals surface area contributed by atoms with Crippen LogP contribution in [0.4, 0.5) is 17.3 Å². The smallest absolute Gasteiger partial charge is 0.268 e. The molecule has 0 spiro atoms. The van der Waals surface area contributed by atoms with E-state index < -0.39 is 0 Å². The molecule has 0 amide bonds. The number of hydrogen-bond acceptors (Lipinski definition) is 9. The van der Waals surface area contributed by atoms with Gasteiger partial charge >= 0.3 is 0 Å². The fraction of sp³-hybridized carbons (Fsp3) is 0.357. The van der Waals surface area contributed by atoms with Crippen molar-refractivity contribution >= 4 is 51.3 Å². The monoisotopic (exact) mass is 562 g/mol. The number of fused-ring (bicyclic) bond motifs is 1. The normalized spacial score (nSPS) is 13.3. The Morgan fingerprint density at radius 3 is 2.67 bits per heavy atom. The van der Waals surface area contributed by atoms with Gasteiger partial charge < -0.3 is 20.4 Å². The van der Waals surface area contributed by atoms with Gasteiger partial charge in [0, 0.05) is 67.5 Å². The van der Waals surface area contributed by atoms with Crippen molar-refractivity contribution in [2.45, 2.75) is 27.3 Å². The summed E-state index contributed by atoms with van der Waals surface area (Å²) in [6.45, 7) is 11.6. The predicted molar refractivity (Wildman–Crippen MR) is 159 cm³/mol. The number of aryl methyl sites for hydroxylation is 1. The third-order valence-corrected chi connectivity index (χ3v) is 7.86. The molecule has 0 aliphatic carbocycles. The summed E-state index contributed by atoms with van der Waals surface area (Å²) in [6, 6.07) is 10.7. The Hall–Kier alpha value is -3.65. The number of aromatic nitrogens is 4. The molecular weight excluding hydrogens is 532 g/mol. The largest absolute Gasteiger partial charge is 0.368 e. The van der Waals surface area contributed by atoms with Gasteiger partial charge in [-0.3, -0.25) is 9.36 Å². The lowest BCUT2D eigenvalue weighted by atomic mass is 10.2. The maximum atomic E-state index is 13.6. The van der Waals surface area contributed by atoms with Gasteiger partial charge in [0.2, 0.25) is 5.95 Å². The van der Waals surface area contributed by atoms with Crippen molar-refractivity contribution in [1.82, 2.24) is 29.7 Å². The van der Waals surface area contributed by atoms with Crippen LogP contribution >= 0.6 is 22.9 Å². The molecule has 1 aliphatic rings. The van der Waals surface area contributed by atoms with E-state index in [0.717, 1.165) is 66.6 Å². The van der Waals surface area contributed by atoms with E-state index >= 15 is 0 Å². The van der Waals surface area contributed by atoms with Crippen molar-refractivity contribution in [3.8, 4) is 12.0 Å². The average molecular weight is 563 g/mol. The van der Waals surface area contributed by atoms with Crippen molar-refractivity contribution < 1.29 is 0 Å². The summed E-state index contributed by atoms with van der Waals surface area (Å²) in [5.41, 5.74) is 5.11. The molecule has 11 heteroatoms. The fourth-order valence-corrected chi connectivity index (χ4v) is 5.37. The third-order valence-electron chi connectivity index (χ3n) is 6.75. The average Bonchev–Trinajstić information content (AvgIpc) is 3.36.